The highest BCUT2D eigenvalue weighted by Crippen LogP contribution is 2.34. The van der Waals surface area contributed by atoms with Gasteiger partial charge in [-0.15, -0.1) is 0 Å². The van der Waals surface area contributed by atoms with Crippen molar-refractivity contribution in [1.29, 1.82) is 0 Å². The molecule has 0 saturated heterocycles. The van der Waals surface area contributed by atoms with Crippen LogP contribution in [-0.4, -0.2) is 28.1 Å². The van der Waals surface area contributed by atoms with E-state index < -0.39 is 17.9 Å². The lowest BCUT2D eigenvalue weighted by Crippen LogP contribution is -2.46. The fourth-order valence-corrected chi connectivity index (χ4v) is 5.40. The second-order valence-electron chi connectivity index (χ2n) is 9.86. The van der Waals surface area contributed by atoms with Crippen LogP contribution in [0.25, 0.3) is 0 Å². The van der Waals surface area contributed by atoms with Crippen LogP contribution in [0.3, 0.4) is 0 Å². The Labute approximate surface area is 221 Å². The quantitative estimate of drug-likeness (QED) is 0.397. The summed E-state index contributed by atoms with van der Waals surface area (Å²) >= 11 is 0.805. The van der Waals surface area contributed by atoms with Crippen LogP contribution in [0.5, 0.6) is 0 Å². The third-order valence-corrected chi connectivity index (χ3v) is 7.66. The Bertz CT molecular complexity index is 1280. The van der Waals surface area contributed by atoms with Crippen LogP contribution in [-0.2, 0) is 4.79 Å². The number of carbonyl (C=O) groups excluding carboxylic acids is 3. The molecule has 0 spiro atoms. The minimum absolute atomic E-state index is 0.0625. The number of anilines is 2. The molecule has 1 saturated carbocycles. The van der Waals surface area contributed by atoms with E-state index in [1.807, 2.05) is 55.5 Å². The monoisotopic (exact) mass is 519 g/mol. The lowest BCUT2D eigenvalue weighted by atomic mass is 9.99. The van der Waals surface area contributed by atoms with Crippen LogP contribution in [0, 0.1) is 6.92 Å². The molecule has 3 amide bonds. The van der Waals surface area contributed by atoms with Gasteiger partial charge in [0.05, 0.1) is 5.69 Å². The molecule has 0 aliphatic heterocycles. The Hall–Kier alpha value is -3.72. The zero-order valence-corrected chi connectivity index (χ0v) is 22.2. The summed E-state index contributed by atoms with van der Waals surface area (Å²) in [4.78, 5) is 41.3. The lowest BCUT2D eigenvalue weighted by molar-refractivity contribution is -0.123. The van der Waals surface area contributed by atoms with Crippen LogP contribution < -0.4 is 21.7 Å². The molecule has 1 heterocycles. The number of primary amides is 1. The molecule has 1 unspecified atom stereocenters. The van der Waals surface area contributed by atoms with E-state index >= 15 is 0 Å². The molecule has 2 aromatic carbocycles. The number of nitrogen functional groups attached to an aromatic ring is 1. The average molecular weight is 520 g/mol. The van der Waals surface area contributed by atoms with Crippen molar-refractivity contribution in [1.82, 2.24) is 9.69 Å². The Morgan fingerprint density at radius 2 is 1.59 bits per heavy atom. The molecule has 37 heavy (non-hydrogen) atoms. The second-order valence-corrected chi connectivity index (χ2v) is 10.6. The first-order chi connectivity index (χ1) is 17.7. The summed E-state index contributed by atoms with van der Waals surface area (Å²) in [5, 5.41) is 3.17. The standard InChI is InChI=1S/C28H33N5O3S/c1-16(2)18-12-14-21(15-13-18)33(28(36)25-22(29)23(26(30)34)32-37-25)24(19-10-8-17(3)9-11-19)27(35)31-20-6-4-5-7-20/h8-16,20,24H,4-7,29H2,1-3H3,(H2,30,34)(H,31,35). The number of carbonyl (C=O) groups is 3. The van der Waals surface area contributed by atoms with Gasteiger partial charge in [0.2, 0.25) is 5.91 Å². The summed E-state index contributed by atoms with van der Waals surface area (Å²) in [6, 6.07) is 14.2. The number of nitrogens with two attached hydrogens (primary N) is 2. The lowest BCUT2D eigenvalue weighted by Gasteiger charge is -2.32. The van der Waals surface area contributed by atoms with E-state index in [-0.39, 0.29) is 28.2 Å². The van der Waals surface area contributed by atoms with E-state index in [0.717, 1.165) is 48.3 Å². The van der Waals surface area contributed by atoms with E-state index in [9.17, 15) is 14.4 Å². The van der Waals surface area contributed by atoms with Crippen LogP contribution in [0.1, 0.15) is 88.3 Å². The first-order valence-corrected chi connectivity index (χ1v) is 13.3. The van der Waals surface area contributed by atoms with Gasteiger partial charge in [-0.3, -0.25) is 19.3 Å². The summed E-state index contributed by atoms with van der Waals surface area (Å²) in [5.74, 6) is -1.30. The van der Waals surface area contributed by atoms with Crippen LogP contribution in [0.4, 0.5) is 11.4 Å². The maximum atomic E-state index is 14.1. The Balaban J connectivity index is 1.85. The molecule has 1 fully saturated rings. The molecule has 1 aliphatic carbocycles. The molecule has 4 rings (SSSR count). The highest BCUT2D eigenvalue weighted by Gasteiger charge is 2.37. The molecule has 9 heteroatoms. The molecular weight excluding hydrogens is 486 g/mol. The normalized spacial score (nSPS) is 14.5. The van der Waals surface area contributed by atoms with Crippen molar-refractivity contribution in [2.45, 2.75) is 64.5 Å². The van der Waals surface area contributed by atoms with Crippen LogP contribution >= 0.6 is 11.5 Å². The zero-order valence-electron chi connectivity index (χ0n) is 21.4. The number of hydrogen-bond donors (Lipinski definition) is 3. The fourth-order valence-electron chi connectivity index (χ4n) is 4.66. The third-order valence-electron chi connectivity index (χ3n) is 6.81. The van der Waals surface area contributed by atoms with Crippen LogP contribution in [0.2, 0.25) is 0 Å². The minimum atomic E-state index is -0.961. The third kappa shape index (κ3) is 5.67. The Kier molecular flexibility index (Phi) is 7.92. The smallest absolute Gasteiger partial charge is 0.273 e. The van der Waals surface area contributed by atoms with E-state index in [0.29, 0.717) is 17.2 Å². The summed E-state index contributed by atoms with van der Waals surface area (Å²) in [7, 11) is 0. The Morgan fingerprint density at radius 1 is 1.00 bits per heavy atom. The van der Waals surface area contributed by atoms with E-state index in [1.165, 1.54) is 4.90 Å². The van der Waals surface area contributed by atoms with Crippen molar-refractivity contribution in [3.05, 3.63) is 75.8 Å². The molecule has 0 radical (unpaired) electrons. The topological polar surface area (TPSA) is 131 Å². The van der Waals surface area contributed by atoms with E-state index in [4.69, 9.17) is 11.5 Å². The van der Waals surface area contributed by atoms with Gasteiger partial charge in [0.1, 0.15) is 10.9 Å². The molecular formula is C28H33N5O3S. The van der Waals surface area contributed by atoms with Gasteiger partial charge >= 0.3 is 0 Å². The first kappa shape index (κ1) is 26.3. The average Bonchev–Trinajstić information content (AvgIpc) is 3.52. The summed E-state index contributed by atoms with van der Waals surface area (Å²) in [6.45, 7) is 6.14. The molecule has 1 atom stereocenters. The van der Waals surface area contributed by atoms with E-state index in [1.54, 1.807) is 0 Å². The number of rotatable bonds is 8. The molecule has 8 nitrogen and oxygen atoms in total. The SMILES string of the molecule is Cc1ccc(C(C(=O)NC2CCCC2)N(C(=O)c2snc(C(N)=O)c2N)c2ccc(C(C)C)cc2)cc1. The van der Waals surface area contributed by atoms with Gasteiger partial charge in [-0.1, -0.05) is 68.7 Å². The van der Waals surface area contributed by atoms with Crippen molar-refractivity contribution in [3.8, 4) is 0 Å². The van der Waals surface area contributed by atoms with Crippen molar-refractivity contribution in [2.24, 2.45) is 5.73 Å². The molecule has 1 aromatic heterocycles. The van der Waals surface area contributed by atoms with Crippen molar-refractivity contribution in [3.63, 3.8) is 0 Å². The molecule has 5 N–H and O–H groups in total. The largest absolute Gasteiger partial charge is 0.395 e. The molecule has 194 valence electrons. The Morgan fingerprint density at radius 3 is 2.14 bits per heavy atom. The van der Waals surface area contributed by atoms with Crippen LogP contribution in [0.15, 0.2) is 48.5 Å². The van der Waals surface area contributed by atoms with Crippen molar-refractivity contribution < 1.29 is 14.4 Å². The molecule has 1 aliphatic rings. The van der Waals surface area contributed by atoms with Gasteiger partial charge in [0.25, 0.3) is 11.8 Å². The maximum absolute atomic E-state index is 14.1. The number of aromatic nitrogens is 1. The predicted octanol–water partition coefficient (Wildman–Crippen LogP) is 4.70. The van der Waals surface area contributed by atoms with Gasteiger partial charge in [-0.25, -0.2) is 0 Å². The molecule has 0 bridgehead atoms. The fraction of sp³-hybridized carbons (Fsp3) is 0.357. The summed E-state index contributed by atoms with van der Waals surface area (Å²) in [6.07, 6.45) is 3.94. The number of hydrogen-bond acceptors (Lipinski definition) is 6. The van der Waals surface area contributed by atoms with Gasteiger partial charge in [-0.2, -0.15) is 4.37 Å². The van der Waals surface area contributed by atoms with Gasteiger partial charge in [-0.05, 0) is 60.5 Å². The summed E-state index contributed by atoms with van der Waals surface area (Å²) in [5.41, 5.74) is 14.7. The summed E-state index contributed by atoms with van der Waals surface area (Å²) < 4.78 is 4.02. The van der Waals surface area contributed by atoms with Gasteiger partial charge < -0.3 is 16.8 Å². The van der Waals surface area contributed by atoms with Crippen molar-refractivity contribution in [2.75, 3.05) is 10.6 Å². The first-order valence-electron chi connectivity index (χ1n) is 12.5. The van der Waals surface area contributed by atoms with Crippen molar-refractivity contribution >= 4 is 40.6 Å². The maximum Gasteiger partial charge on any atom is 0.273 e. The number of nitrogens with zero attached hydrogens (tertiary/aromatic N) is 2. The number of amides is 3. The zero-order chi connectivity index (χ0) is 26.7. The number of aryl methyl sites for hydroxylation is 1. The van der Waals surface area contributed by atoms with E-state index in [2.05, 4.69) is 23.5 Å². The van der Waals surface area contributed by atoms with Gasteiger partial charge in [0, 0.05) is 11.7 Å². The molecule has 3 aromatic rings. The number of nitrogens with one attached hydrogen (secondary N) is 1. The second kappa shape index (κ2) is 11.1. The predicted molar refractivity (Wildman–Crippen MR) is 147 cm³/mol. The highest BCUT2D eigenvalue weighted by molar-refractivity contribution is 7.09. The number of benzene rings is 2. The minimum Gasteiger partial charge on any atom is -0.395 e. The highest BCUT2D eigenvalue weighted by atomic mass is 32.1. The van der Waals surface area contributed by atoms with Gasteiger partial charge in [0.15, 0.2) is 5.69 Å².